The van der Waals surface area contributed by atoms with Crippen molar-refractivity contribution in [3.05, 3.63) is 40.7 Å². The van der Waals surface area contributed by atoms with Crippen molar-refractivity contribution in [1.29, 1.82) is 0 Å². The van der Waals surface area contributed by atoms with Gasteiger partial charge >= 0.3 is 0 Å². The number of hydrogen-bond acceptors (Lipinski definition) is 6. The molecule has 1 saturated heterocycles. The molecule has 0 spiro atoms. The number of benzene rings is 1. The van der Waals surface area contributed by atoms with Crippen LogP contribution in [0.3, 0.4) is 0 Å². The van der Waals surface area contributed by atoms with Crippen LogP contribution in [0.5, 0.6) is 0 Å². The Morgan fingerprint density at radius 1 is 1.31 bits per heavy atom. The van der Waals surface area contributed by atoms with Gasteiger partial charge in [-0.15, -0.1) is 5.10 Å². The van der Waals surface area contributed by atoms with Crippen LogP contribution in [-0.2, 0) is 6.42 Å². The largest absolute Gasteiger partial charge is 0.393 e. The van der Waals surface area contributed by atoms with Crippen molar-refractivity contribution in [3.8, 4) is 0 Å². The minimum absolute atomic E-state index is 0.0247. The predicted octanol–water partition coefficient (Wildman–Crippen LogP) is 2.81. The molecule has 8 heteroatoms. The molecule has 3 heterocycles. The topological polar surface area (TPSA) is 71.2 Å². The van der Waals surface area contributed by atoms with E-state index < -0.39 is 0 Å². The van der Waals surface area contributed by atoms with Crippen LogP contribution in [0.4, 0.5) is 0 Å². The number of halogens is 1. The lowest BCUT2D eigenvalue weighted by Gasteiger charge is -2.38. The van der Waals surface area contributed by atoms with Crippen LogP contribution < -0.4 is 0 Å². The molecule has 1 fully saturated rings. The molecule has 1 aromatic heterocycles. The highest BCUT2D eigenvalue weighted by molar-refractivity contribution is 8.00. The van der Waals surface area contributed by atoms with Gasteiger partial charge in [0.05, 0.1) is 12.1 Å². The molecule has 138 valence electrons. The van der Waals surface area contributed by atoms with E-state index in [-0.39, 0.29) is 23.3 Å². The average Bonchev–Trinajstić information content (AvgIpc) is 3.18. The molecule has 0 amide bonds. The van der Waals surface area contributed by atoms with Gasteiger partial charge in [0.25, 0.3) is 5.91 Å². The quantitative estimate of drug-likeness (QED) is 0.862. The second-order valence-corrected chi connectivity index (χ2v) is 8.26. The number of carbonyl (C=O) groups excluding carboxylic acids is 1. The molecule has 4 rings (SSSR count). The summed E-state index contributed by atoms with van der Waals surface area (Å²) in [6, 6.07) is 7.60. The molecular formula is C18H21ClN4O2S. The Kier molecular flexibility index (Phi) is 5.05. The average molecular weight is 393 g/mol. The molecule has 1 N–H and O–H groups in total. The summed E-state index contributed by atoms with van der Waals surface area (Å²) >= 11 is 7.54. The molecule has 1 aromatic carbocycles. The predicted molar refractivity (Wildman–Crippen MR) is 101 cm³/mol. The summed E-state index contributed by atoms with van der Waals surface area (Å²) in [6.07, 6.45) is 1.90. The fourth-order valence-electron chi connectivity index (χ4n) is 3.59. The monoisotopic (exact) mass is 392 g/mol. The number of aliphatic hydroxyl groups is 1. The number of carbonyl (C=O) groups is 1. The minimum atomic E-state index is -0.299. The van der Waals surface area contributed by atoms with Gasteiger partial charge in [-0.1, -0.05) is 42.4 Å². The summed E-state index contributed by atoms with van der Waals surface area (Å²) in [5, 5.41) is 15.3. The van der Waals surface area contributed by atoms with Crippen LogP contribution >= 0.6 is 23.4 Å². The Bertz CT molecular complexity index is 802. The van der Waals surface area contributed by atoms with Crippen LogP contribution in [-0.4, -0.2) is 55.1 Å². The summed E-state index contributed by atoms with van der Waals surface area (Å²) in [5.74, 6) is 0.673. The third-order valence-corrected chi connectivity index (χ3v) is 6.45. The molecule has 0 bridgehead atoms. The van der Waals surface area contributed by atoms with Gasteiger partial charge in [-0.25, -0.2) is 4.98 Å². The third kappa shape index (κ3) is 3.29. The van der Waals surface area contributed by atoms with Crippen molar-refractivity contribution in [1.82, 2.24) is 19.7 Å². The molecule has 2 atom stereocenters. The van der Waals surface area contributed by atoms with Crippen molar-refractivity contribution in [2.24, 2.45) is 0 Å². The van der Waals surface area contributed by atoms with Gasteiger partial charge in [0.2, 0.25) is 0 Å². The fraction of sp³-hybridized carbons (Fsp3) is 0.500. The maximum absolute atomic E-state index is 13.1. The Balaban J connectivity index is 1.66. The SMILES string of the molecule is CCc1nc2n(n1)C(=O)C(C(c1ccc(Cl)cc1)N1CCC(O)CC1)S2. The summed E-state index contributed by atoms with van der Waals surface area (Å²) in [7, 11) is 0. The lowest BCUT2D eigenvalue weighted by molar-refractivity contribution is 0.0551. The van der Waals surface area contributed by atoms with E-state index in [0.717, 1.165) is 31.5 Å². The van der Waals surface area contributed by atoms with Gasteiger partial charge < -0.3 is 5.11 Å². The zero-order valence-corrected chi connectivity index (χ0v) is 16.1. The lowest BCUT2D eigenvalue weighted by atomic mass is 9.97. The Morgan fingerprint density at radius 2 is 2.00 bits per heavy atom. The highest BCUT2D eigenvalue weighted by Gasteiger charge is 2.43. The Hall–Kier alpha value is -1.41. The molecule has 0 saturated carbocycles. The van der Waals surface area contributed by atoms with Crippen LogP contribution in [0.25, 0.3) is 0 Å². The van der Waals surface area contributed by atoms with E-state index in [9.17, 15) is 9.90 Å². The van der Waals surface area contributed by atoms with Crippen LogP contribution in [0.15, 0.2) is 29.4 Å². The highest BCUT2D eigenvalue weighted by atomic mass is 35.5. The number of aliphatic hydroxyl groups excluding tert-OH is 1. The first-order valence-electron chi connectivity index (χ1n) is 8.91. The van der Waals surface area contributed by atoms with E-state index in [2.05, 4.69) is 15.0 Å². The zero-order chi connectivity index (χ0) is 18.3. The number of thioether (sulfide) groups is 1. The second kappa shape index (κ2) is 7.31. The van der Waals surface area contributed by atoms with Gasteiger partial charge in [0, 0.05) is 24.5 Å². The van der Waals surface area contributed by atoms with Gasteiger partial charge in [-0.05, 0) is 30.5 Å². The van der Waals surface area contributed by atoms with Crippen molar-refractivity contribution in [3.63, 3.8) is 0 Å². The van der Waals surface area contributed by atoms with E-state index in [4.69, 9.17) is 11.6 Å². The van der Waals surface area contributed by atoms with Crippen LogP contribution in [0.1, 0.15) is 42.0 Å². The van der Waals surface area contributed by atoms with Crippen molar-refractivity contribution < 1.29 is 9.90 Å². The van der Waals surface area contributed by atoms with Gasteiger partial charge in [0.15, 0.2) is 11.0 Å². The van der Waals surface area contributed by atoms with E-state index in [1.54, 1.807) is 0 Å². The molecule has 2 aliphatic heterocycles. The molecule has 26 heavy (non-hydrogen) atoms. The number of rotatable bonds is 4. The van der Waals surface area contributed by atoms with E-state index in [0.29, 0.717) is 22.4 Å². The molecular weight excluding hydrogens is 372 g/mol. The van der Waals surface area contributed by atoms with Crippen molar-refractivity contribution in [2.75, 3.05) is 13.1 Å². The van der Waals surface area contributed by atoms with Crippen LogP contribution in [0.2, 0.25) is 5.02 Å². The highest BCUT2D eigenvalue weighted by Crippen LogP contribution is 2.41. The number of fused-ring (bicyclic) bond motifs is 1. The summed E-state index contributed by atoms with van der Waals surface area (Å²) in [5.41, 5.74) is 1.05. The molecule has 2 aliphatic rings. The minimum Gasteiger partial charge on any atom is -0.393 e. The first kappa shape index (κ1) is 18.0. The molecule has 2 unspecified atom stereocenters. The van der Waals surface area contributed by atoms with Gasteiger partial charge in [-0.3, -0.25) is 9.69 Å². The van der Waals surface area contributed by atoms with E-state index >= 15 is 0 Å². The van der Waals surface area contributed by atoms with Gasteiger partial charge in [-0.2, -0.15) is 4.68 Å². The summed E-state index contributed by atoms with van der Waals surface area (Å²) < 4.78 is 1.45. The number of likely N-dealkylation sites (tertiary alicyclic amines) is 1. The molecule has 0 radical (unpaired) electrons. The van der Waals surface area contributed by atoms with Crippen molar-refractivity contribution >= 4 is 29.3 Å². The first-order chi connectivity index (χ1) is 12.6. The maximum Gasteiger partial charge on any atom is 0.264 e. The smallest absolute Gasteiger partial charge is 0.264 e. The second-order valence-electron chi connectivity index (χ2n) is 6.72. The maximum atomic E-state index is 13.1. The summed E-state index contributed by atoms with van der Waals surface area (Å²) in [6.45, 7) is 3.50. The molecule has 2 aromatic rings. The number of piperidine rings is 1. The third-order valence-electron chi connectivity index (χ3n) is 5.01. The Labute approximate surface area is 161 Å². The number of hydrogen-bond donors (Lipinski definition) is 1. The Morgan fingerprint density at radius 3 is 2.62 bits per heavy atom. The van der Waals surface area contributed by atoms with E-state index in [1.807, 2.05) is 31.2 Å². The van der Waals surface area contributed by atoms with Gasteiger partial charge in [0.1, 0.15) is 5.25 Å². The number of aryl methyl sites for hydroxylation is 1. The van der Waals surface area contributed by atoms with E-state index in [1.165, 1.54) is 16.4 Å². The van der Waals surface area contributed by atoms with Crippen LogP contribution in [0, 0.1) is 0 Å². The number of nitrogens with zero attached hydrogens (tertiary/aromatic N) is 4. The number of aromatic nitrogens is 3. The standard InChI is InChI=1S/C18H21ClN4O2S/c1-2-14-20-18-23(21-14)17(25)16(26-18)15(11-3-5-12(19)6-4-11)22-9-7-13(24)8-10-22/h3-6,13,15-16,24H,2,7-10H2,1H3. The fourth-order valence-corrected chi connectivity index (χ4v) is 4.99. The molecule has 6 nitrogen and oxygen atoms in total. The molecule has 0 aliphatic carbocycles. The van der Waals surface area contributed by atoms with Crippen molar-refractivity contribution in [2.45, 2.75) is 48.7 Å². The zero-order valence-electron chi connectivity index (χ0n) is 14.5. The summed E-state index contributed by atoms with van der Waals surface area (Å²) in [4.78, 5) is 19.8. The lowest BCUT2D eigenvalue weighted by Crippen LogP contribution is -2.44. The normalized spacial score (nSPS) is 22.6. The first-order valence-corrected chi connectivity index (χ1v) is 10.2.